The molecule has 184 valence electrons. The van der Waals surface area contributed by atoms with Gasteiger partial charge in [-0.2, -0.15) is 8.61 Å². The van der Waals surface area contributed by atoms with E-state index in [1.165, 1.54) is 61.0 Å². The number of aliphatic carboxylic acids is 1. The van der Waals surface area contributed by atoms with Crippen LogP contribution in [0.15, 0.2) is 52.3 Å². The van der Waals surface area contributed by atoms with E-state index in [9.17, 15) is 26.7 Å². The van der Waals surface area contributed by atoms with Crippen molar-refractivity contribution >= 4 is 43.7 Å². The molecule has 0 unspecified atom stereocenters. The number of carboxylic acids is 1. The highest BCUT2D eigenvalue weighted by atomic mass is 35.5. The molecule has 0 radical (unpaired) electrons. The molecule has 3 rings (SSSR count). The van der Waals surface area contributed by atoms with Crippen LogP contribution < -0.4 is 14.6 Å². The molecule has 10 nitrogen and oxygen atoms in total. The summed E-state index contributed by atoms with van der Waals surface area (Å²) in [5.74, 6) is -1.41. The van der Waals surface area contributed by atoms with Crippen molar-refractivity contribution in [2.75, 3.05) is 40.4 Å². The molecule has 2 aromatic rings. The summed E-state index contributed by atoms with van der Waals surface area (Å²) in [6, 6.07) is 8.40. The minimum atomic E-state index is -4.15. The maximum atomic E-state index is 13.4. The Kier molecular flexibility index (Phi) is 7.88. The van der Waals surface area contributed by atoms with Gasteiger partial charge in [0.05, 0.1) is 25.1 Å². The van der Waals surface area contributed by atoms with Gasteiger partial charge in [0, 0.05) is 31.2 Å². The molecule has 0 bridgehead atoms. The summed E-state index contributed by atoms with van der Waals surface area (Å²) in [5, 5.41) is 11.2. The van der Waals surface area contributed by atoms with E-state index in [2.05, 4.69) is 0 Å². The van der Waals surface area contributed by atoms with Gasteiger partial charge in [-0.3, -0.25) is 0 Å². The molecule has 0 saturated carbocycles. The summed E-state index contributed by atoms with van der Waals surface area (Å²) in [7, 11) is -5.36. The predicted octanol–water partition coefficient (Wildman–Crippen LogP) is 0.816. The van der Waals surface area contributed by atoms with E-state index in [4.69, 9.17) is 21.1 Å². The van der Waals surface area contributed by atoms with Crippen LogP contribution in [0.25, 0.3) is 6.08 Å². The van der Waals surface area contributed by atoms with Crippen LogP contribution in [0.1, 0.15) is 5.56 Å². The second-order valence-electron chi connectivity index (χ2n) is 7.17. The molecule has 0 spiro atoms. The number of hydrogen-bond donors (Lipinski definition) is 0. The lowest BCUT2D eigenvalue weighted by atomic mass is 10.2. The minimum Gasteiger partial charge on any atom is -0.545 e. The quantitative estimate of drug-likeness (QED) is 0.459. The molecule has 34 heavy (non-hydrogen) atoms. The summed E-state index contributed by atoms with van der Waals surface area (Å²) in [4.78, 5) is 10.6. The number of hydrogen-bond acceptors (Lipinski definition) is 8. The van der Waals surface area contributed by atoms with Crippen molar-refractivity contribution in [3.05, 3.63) is 53.1 Å². The number of halogens is 1. The predicted molar refractivity (Wildman–Crippen MR) is 123 cm³/mol. The van der Waals surface area contributed by atoms with Crippen LogP contribution >= 0.6 is 11.6 Å². The standard InChI is InChI=1S/C21H23ClN2O8S2/c1-31-18-13-15(3-8-20(25)26)14-19(21(18)32-2)34(29,30)24-11-9-23(10-12-24)33(27,28)17-6-4-16(22)5-7-17/h3-8,13-14H,9-12H2,1-2H3,(H,25,26)/p-1/b8-3+. The van der Waals surface area contributed by atoms with E-state index >= 15 is 0 Å². The Morgan fingerprint density at radius 2 is 1.50 bits per heavy atom. The van der Waals surface area contributed by atoms with Crippen LogP contribution in [0.4, 0.5) is 0 Å². The maximum absolute atomic E-state index is 13.4. The number of rotatable bonds is 8. The fourth-order valence-corrected chi connectivity index (χ4v) is 6.62. The first-order valence-electron chi connectivity index (χ1n) is 9.91. The SMILES string of the molecule is COc1cc(/C=C/C(=O)[O-])cc(S(=O)(=O)N2CCN(S(=O)(=O)c3ccc(Cl)cc3)CC2)c1OC. The van der Waals surface area contributed by atoms with E-state index in [0.717, 1.165) is 10.4 Å². The Morgan fingerprint density at radius 1 is 0.941 bits per heavy atom. The molecule has 1 fully saturated rings. The second-order valence-corrected chi connectivity index (χ2v) is 11.4. The third-order valence-corrected chi connectivity index (χ3v) is 9.21. The Balaban J connectivity index is 1.89. The molecule has 13 heteroatoms. The molecule has 0 atom stereocenters. The van der Waals surface area contributed by atoms with Crippen molar-refractivity contribution in [1.82, 2.24) is 8.61 Å². The minimum absolute atomic E-state index is 0.0516. The zero-order valence-corrected chi connectivity index (χ0v) is 20.7. The zero-order valence-electron chi connectivity index (χ0n) is 18.3. The molecular weight excluding hydrogens is 508 g/mol. The fourth-order valence-electron chi connectivity index (χ4n) is 3.45. The van der Waals surface area contributed by atoms with Gasteiger partial charge in [0.1, 0.15) is 4.90 Å². The van der Waals surface area contributed by atoms with Crippen molar-refractivity contribution in [2.24, 2.45) is 0 Å². The summed E-state index contributed by atoms with van der Waals surface area (Å²) in [5.41, 5.74) is 0.240. The average Bonchev–Trinajstić information content (AvgIpc) is 2.82. The molecule has 1 aliphatic heterocycles. The van der Waals surface area contributed by atoms with Gasteiger partial charge in [-0.25, -0.2) is 16.8 Å². The number of methoxy groups -OCH3 is 2. The average molecular weight is 530 g/mol. The highest BCUT2D eigenvalue weighted by Gasteiger charge is 2.36. The van der Waals surface area contributed by atoms with E-state index in [1.54, 1.807) is 0 Å². The van der Waals surface area contributed by atoms with Gasteiger partial charge in [-0.05, 0) is 48.0 Å². The van der Waals surface area contributed by atoms with Gasteiger partial charge in [-0.1, -0.05) is 17.7 Å². The summed E-state index contributed by atoms with van der Waals surface area (Å²) < 4.78 is 65.5. The summed E-state index contributed by atoms with van der Waals surface area (Å²) in [6.45, 7) is -0.318. The lowest BCUT2D eigenvalue weighted by molar-refractivity contribution is -0.297. The number of ether oxygens (including phenoxy) is 2. The van der Waals surface area contributed by atoms with E-state index in [0.29, 0.717) is 5.02 Å². The third-order valence-electron chi connectivity index (χ3n) is 5.15. The van der Waals surface area contributed by atoms with Crippen LogP contribution in [0, 0.1) is 0 Å². The van der Waals surface area contributed by atoms with Crippen LogP contribution in [-0.2, 0) is 24.8 Å². The van der Waals surface area contributed by atoms with E-state index in [1.807, 2.05) is 0 Å². The van der Waals surface area contributed by atoms with Crippen LogP contribution in [-0.4, -0.2) is 71.8 Å². The van der Waals surface area contributed by atoms with Crippen molar-refractivity contribution in [1.29, 1.82) is 0 Å². The topological polar surface area (TPSA) is 133 Å². The normalized spacial score (nSPS) is 16.0. The number of carbonyl (C=O) groups excluding carboxylic acids is 1. The van der Waals surface area contributed by atoms with Gasteiger partial charge in [0.2, 0.25) is 20.0 Å². The molecule has 0 aromatic heterocycles. The van der Waals surface area contributed by atoms with Crippen molar-refractivity contribution in [3.63, 3.8) is 0 Å². The molecule has 1 saturated heterocycles. The van der Waals surface area contributed by atoms with E-state index in [-0.39, 0.29) is 53.0 Å². The van der Waals surface area contributed by atoms with Crippen LogP contribution in [0.3, 0.4) is 0 Å². The smallest absolute Gasteiger partial charge is 0.247 e. The molecule has 1 heterocycles. The Hall–Kier alpha value is -2.64. The van der Waals surface area contributed by atoms with Gasteiger partial charge >= 0.3 is 0 Å². The molecular formula is C21H22ClN2O8S2-. The molecule has 0 N–H and O–H groups in total. The second kappa shape index (κ2) is 10.3. The number of nitrogens with zero attached hydrogens (tertiary/aromatic N) is 2. The number of piperazine rings is 1. The summed E-state index contributed by atoms with van der Waals surface area (Å²) >= 11 is 5.83. The van der Waals surface area contributed by atoms with Gasteiger partial charge < -0.3 is 19.4 Å². The molecule has 0 aliphatic carbocycles. The van der Waals surface area contributed by atoms with Crippen LogP contribution in [0.5, 0.6) is 11.5 Å². The van der Waals surface area contributed by atoms with Crippen molar-refractivity contribution in [2.45, 2.75) is 9.79 Å². The summed E-state index contributed by atoms with van der Waals surface area (Å²) in [6.07, 6.45) is 1.94. The molecule has 2 aromatic carbocycles. The van der Waals surface area contributed by atoms with Crippen molar-refractivity contribution < 1.29 is 36.2 Å². The monoisotopic (exact) mass is 529 g/mol. The largest absolute Gasteiger partial charge is 0.545 e. The molecule has 0 amide bonds. The first-order chi connectivity index (χ1) is 16.0. The Morgan fingerprint density at radius 3 is 2.00 bits per heavy atom. The number of sulfonamides is 2. The number of benzene rings is 2. The number of carboxylic acid groups (broad SMARTS) is 1. The highest BCUT2D eigenvalue weighted by Crippen LogP contribution is 2.38. The first-order valence-corrected chi connectivity index (χ1v) is 13.2. The zero-order chi connectivity index (χ0) is 25.1. The Bertz CT molecular complexity index is 1300. The van der Waals surface area contributed by atoms with Crippen LogP contribution in [0.2, 0.25) is 5.02 Å². The van der Waals surface area contributed by atoms with E-state index < -0.39 is 26.0 Å². The first kappa shape index (κ1) is 26.0. The van der Waals surface area contributed by atoms with Crippen molar-refractivity contribution in [3.8, 4) is 11.5 Å². The Labute approximate surface area is 203 Å². The highest BCUT2D eigenvalue weighted by molar-refractivity contribution is 7.89. The van der Waals surface area contributed by atoms with Gasteiger partial charge in [0.15, 0.2) is 11.5 Å². The number of carbonyl (C=O) groups is 1. The molecule has 1 aliphatic rings. The maximum Gasteiger partial charge on any atom is 0.247 e. The van der Waals surface area contributed by atoms with Gasteiger partial charge in [-0.15, -0.1) is 0 Å². The third kappa shape index (κ3) is 5.36. The lowest BCUT2D eigenvalue weighted by Crippen LogP contribution is -2.50. The fraction of sp³-hybridized carbons (Fsp3) is 0.286. The lowest BCUT2D eigenvalue weighted by Gasteiger charge is -2.33. The van der Waals surface area contributed by atoms with Gasteiger partial charge in [0.25, 0.3) is 0 Å².